The van der Waals surface area contributed by atoms with Crippen molar-refractivity contribution in [1.82, 2.24) is 25.2 Å². The highest BCUT2D eigenvalue weighted by Gasteiger charge is 2.25. The van der Waals surface area contributed by atoms with Crippen molar-refractivity contribution in [3.63, 3.8) is 0 Å². The number of pyridine rings is 1. The maximum atomic E-state index is 12.5. The smallest absolute Gasteiger partial charge is 0.239 e. The van der Waals surface area contributed by atoms with Crippen LogP contribution in [0.15, 0.2) is 18.3 Å². The van der Waals surface area contributed by atoms with Crippen LogP contribution in [0.3, 0.4) is 0 Å². The molecule has 0 spiro atoms. The molecule has 0 radical (unpaired) electrons. The predicted molar refractivity (Wildman–Crippen MR) is 130 cm³/mol. The van der Waals surface area contributed by atoms with Crippen molar-refractivity contribution in [1.29, 1.82) is 0 Å². The van der Waals surface area contributed by atoms with Gasteiger partial charge in [-0.2, -0.15) is 0 Å². The lowest BCUT2D eigenvalue weighted by atomic mass is 10.1. The topological polar surface area (TPSA) is 83.5 Å². The molecule has 2 aromatic heterocycles. The van der Waals surface area contributed by atoms with Gasteiger partial charge in [0.2, 0.25) is 5.91 Å². The first-order valence-corrected chi connectivity index (χ1v) is 12.0. The molecule has 178 valence electrons. The molecule has 1 aliphatic carbocycles. The van der Waals surface area contributed by atoms with Gasteiger partial charge in [-0.25, -0.2) is 9.97 Å². The number of anilines is 1. The minimum absolute atomic E-state index is 0.0249. The van der Waals surface area contributed by atoms with Gasteiger partial charge in [0.15, 0.2) is 5.82 Å². The summed E-state index contributed by atoms with van der Waals surface area (Å²) in [5.41, 5.74) is 2.62. The SMILES string of the molecule is CCN1CCC(Oc2ccnc(-c3nc4c(c(N(C)CC(=O)NC(C)(C)C)n3)CCC4)c2)C1. The maximum absolute atomic E-state index is 12.5. The van der Waals surface area contributed by atoms with Gasteiger partial charge >= 0.3 is 0 Å². The first kappa shape index (κ1) is 23.4. The molecule has 1 atom stereocenters. The van der Waals surface area contributed by atoms with Crippen molar-refractivity contribution in [2.75, 3.05) is 38.1 Å². The van der Waals surface area contributed by atoms with Crippen molar-refractivity contribution in [2.24, 2.45) is 0 Å². The standard InChI is InChI=1S/C25H36N6O2/c1-6-31-13-11-18(15-31)33-17-10-12-26-21(14-17)23-27-20-9-7-8-19(20)24(28-23)30(5)16-22(32)29-25(2,3)4/h10,12,14,18H,6-9,11,13,15-16H2,1-5H3,(H,29,32). The summed E-state index contributed by atoms with van der Waals surface area (Å²) < 4.78 is 6.24. The largest absolute Gasteiger partial charge is 0.489 e. The summed E-state index contributed by atoms with van der Waals surface area (Å²) in [4.78, 5) is 31.1. The van der Waals surface area contributed by atoms with E-state index in [0.29, 0.717) is 11.5 Å². The zero-order valence-corrected chi connectivity index (χ0v) is 20.5. The number of ether oxygens (including phenoxy) is 1. The number of carbonyl (C=O) groups is 1. The quantitative estimate of drug-likeness (QED) is 0.692. The van der Waals surface area contributed by atoms with Crippen molar-refractivity contribution in [3.8, 4) is 17.3 Å². The van der Waals surface area contributed by atoms with E-state index in [-0.39, 0.29) is 24.1 Å². The van der Waals surface area contributed by atoms with E-state index in [0.717, 1.165) is 68.1 Å². The summed E-state index contributed by atoms with van der Waals surface area (Å²) in [5.74, 6) is 2.18. The molecular weight excluding hydrogens is 416 g/mol. The number of likely N-dealkylation sites (N-methyl/N-ethyl adjacent to an activating group) is 2. The van der Waals surface area contributed by atoms with Crippen LogP contribution in [0.1, 0.15) is 51.8 Å². The molecule has 4 rings (SSSR count). The summed E-state index contributed by atoms with van der Waals surface area (Å²) in [7, 11) is 1.92. The highest BCUT2D eigenvalue weighted by Crippen LogP contribution is 2.31. The second-order valence-electron chi connectivity index (χ2n) is 10.1. The maximum Gasteiger partial charge on any atom is 0.239 e. The minimum atomic E-state index is -0.269. The van der Waals surface area contributed by atoms with Gasteiger partial charge in [0, 0.05) is 49.2 Å². The third kappa shape index (κ3) is 5.79. The Morgan fingerprint density at radius 1 is 1.30 bits per heavy atom. The van der Waals surface area contributed by atoms with E-state index < -0.39 is 0 Å². The van der Waals surface area contributed by atoms with E-state index in [1.54, 1.807) is 6.20 Å². The Morgan fingerprint density at radius 2 is 2.12 bits per heavy atom. The van der Waals surface area contributed by atoms with Gasteiger partial charge in [0.25, 0.3) is 0 Å². The second-order valence-corrected chi connectivity index (χ2v) is 10.1. The van der Waals surface area contributed by atoms with Gasteiger partial charge < -0.3 is 15.0 Å². The molecule has 0 aromatic carbocycles. The summed E-state index contributed by atoms with van der Waals surface area (Å²) in [5, 5.41) is 3.03. The summed E-state index contributed by atoms with van der Waals surface area (Å²) in [6.45, 7) is 11.5. The predicted octanol–water partition coefficient (Wildman–Crippen LogP) is 2.85. The van der Waals surface area contributed by atoms with Gasteiger partial charge in [-0.3, -0.25) is 14.7 Å². The van der Waals surface area contributed by atoms with E-state index in [4.69, 9.17) is 14.7 Å². The fourth-order valence-corrected chi connectivity index (χ4v) is 4.57. The zero-order valence-electron chi connectivity index (χ0n) is 20.5. The number of likely N-dealkylation sites (tertiary alicyclic amines) is 1. The molecule has 8 nitrogen and oxygen atoms in total. The number of nitrogens with one attached hydrogen (secondary N) is 1. The van der Waals surface area contributed by atoms with Crippen LogP contribution >= 0.6 is 0 Å². The average molecular weight is 453 g/mol. The van der Waals surface area contributed by atoms with E-state index in [9.17, 15) is 4.79 Å². The number of nitrogens with zero attached hydrogens (tertiary/aromatic N) is 5. The molecule has 2 aliphatic rings. The normalized spacial score (nSPS) is 18.3. The monoisotopic (exact) mass is 452 g/mol. The number of hydrogen-bond donors (Lipinski definition) is 1. The summed E-state index contributed by atoms with van der Waals surface area (Å²) in [6.07, 6.45) is 5.90. The van der Waals surface area contributed by atoms with E-state index in [2.05, 4.69) is 22.1 Å². The van der Waals surface area contributed by atoms with Crippen molar-refractivity contribution in [2.45, 2.75) is 65.0 Å². The molecular formula is C25H36N6O2. The van der Waals surface area contributed by atoms with E-state index in [1.165, 1.54) is 0 Å². The number of rotatable bonds is 7. The lowest BCUT2D eigenvalue weighted by molar-refractivity contribution is -0.121. The number of aromatic nitrogens is 3. The molecule has 8 heteroatoms. The number of hydrogen-bond acceptors (Lipinski definition) is 7. The van der Waals surface area contributed by atoms with E-state index in [1.807, 2.05) is 44.9 Å². The molecule has 0 saturated carbocycles. The van der Waals surface area contributed by atoms with Crippen LogP contribution in [0.4, 0.5) is 5.82 Å². The number of carbonyl (C=O) groups excluding carboxylic acids is 1. The highest BCUT2D eigenvalue weighted by molar-refractivity contribution is 5.82. The molecule has 0 bridgehead atoms. The molecule has 2 aromatic rings. The molecule has 1 saturated heterocycles. The Hall–Kier alpha value is -2.74. The van der Waals surface area contributed by atoms with Gasteiger partial charge in [-0.05, 0) is 59.1 Å². The third-order valence-electron chi connectivity index (χ3n) is 6.11. The highest BCUT2D eigenvalue weighted by atomic mass is 16.5. The molecule has 1 unspecified atom stereocenters. The van der Waals surface area contributed by atoms with Crippen LogP contribution in [0, 0.1) is 0 Å². The van der Waals surface area contributed by atoms with Gasteiger partial charge in [-0.15, -0.1) is 0 Å². The van der Waals surface area contributed by atoms with Crippen LogP contribution in [0.2, 0.25) is 0 Å². The fourth-order valence-electron chi connectivity index (χ4n) is 4.57. The molecule has 3 heterocycles. The lowest BCUT2D eigenvalue weighted by Gasteiger charge is -2.25. The van der Waals surface area contributed by atoms with Crippen molar-refractivity contribution in [3.05, 3.63) is 29.6 Å². The van der Waals surface area contributed by atoms with Gasteiger partial charge in [0.05, 0.1) is 6.54 Å². The van der Waals surface area contributed by atoms with Gasteiger partial charge in [-0.1, -0.05) is 6.92 Å². The fraction of sp³-hybridized carbons (Fsp3) is 0.600. The Bertz CT molecular complexity index is 1000. The Kier molecular flexibility index (Phi) is 6.83. The van der Waals surface area contributed by atoms with E-state index >= 15 is 0 Å². The van der Waals surface area contributed by atoms with Crippen LogP contribution < -0.4 is 15.0 Å². The second kappa shape index (κ2) is 9.63. The van der Waals surface area contributed by atoms with Crippen LogP contribution in [-0.2, 0) is 17.6 Å². The molecule has 1 aliphatic heterocycles. The third-order valence-corrected chi connectivity index (χ3v) is 6.11. The Balaban J connectivity index is 1.56. The molecule has 1 amide bonds. The van der Waals surface area contributed by atoms with Crippen LogP contribution in [-0.4, -0.2) is 70.6 Å². The van der Waals surface area contributed by atoms with Crippen LogP contribution in [0.5, 0.6) is 5.75 Å². The van der Waals surface area contributed by atoms with Crippen LogP contribution in [0.25, 0.3) is 11.5 Å². The summed E-state index contributed by atoms with van der Waals surface area (Å²) in [6, 6.07) is 3.83. The summed E-state index contributed by atoms with van der Waals surface area (Å²) >= 11 is 0. The first-order valence-electron chi connectivity index (χ1n) is 12.0. The van der Waals surface area contributed by atoms with Crippen molar-refractivity contribution >= 4 is 11.7 Å². The van der Waals surface area contributed by atoms with Crippen molar-refractivity contribution < 1.29 is 9.53 Å². The first-order chi connectivity index (χ1) is 15.7. The number of amides is 1. The lowest BCUT2D eigenvalue weighted by Crippen LogP contribution is -2.45. The zero-order chi connectivity index (χ0) is 23.6. The molecule has 1 fully saturated rings. The average Bonchev–Trinajstić information content (AvgIpc) is 3.40. The molecule has 1 N–H and O–H groups in total. The molecule has 33 heavy (non-hydrogen) atoms. The van der Waals surface area contributed by atoms with Gasteiger partial charge in [0.1, 0.15) is 23.4 Å². The number of fused-ring (bicyclic) bond motifs is 1. The number of aryl methyl sites for hydroxylation is 1. The minimum Gasteiger partial charge on any atom is -0.489 e. The Morgan fingerprint density at radius 3 is 2.85 bits per heavy atom. The Labute approximate surface area is 196 Å².